The van der Waals surface area contributed by atoms with Crippen molar-refractivity contribution in [1.82, 2.24) is 10.2 Å². The van der Waals surface area contributed by atoms with Crippen LogP contribution in [0.5, 0.6) is 5.75 Å². The van der Waals surface area contributed by atoms with Gasteiger partial charge in [0.15, 0.2) is 0 Å². The fraction of sp³-hybridized carbons (Fsp3) is 0.300. The van der Waals surface area contributed by atoms with Crippen LogP contribution >= 0.6 is 0 Å². The first-order chi connectivity index (χ1) is 12.5. The molecule has 26 heavy (non-hydrogen) atoms. The zero-order chi connectivity index (χ0) is 18.9. The Balaban J connectivity index is 1.91. The number of nitrogens with zero attached hydrogens (tertiary/aromatic N) is 1. The number of likely N-dealkylation sites (N-methyl/N-ethyl adjacent to an activating group) is 1. The molecule has 1 N–H and O–H groups in total. The molecular formula is C20H23FN2O3. The second-order valence-electron chi connectivity index (χ2n) is 5.68. The summed E-state index contributed by atoms with van der Waals surface area (Å²) < 4.78 is 18.2. The van der Waals surface area contributed by atoms with Crippen molar-refractivity contribution in [2.45, 2.75) is 20.4 Å². The molecule has 2 rings (SSSR count). The van der Waals surface area contributed by atoms with Crippen LogP contribution in [0.4, 0.5) is 4.39 Å². The van der Waals surface area contributed by atoms with E-state index in [1.54, 1.807) is 36.4 Å². The van der Waals surface area contributed by atoms with Crippen LogP contribution in [0.15, 0.2) is 48.5 Å². The van der Waals surface area contributed by atoms with Gasteiger partial charge in [-0.25, -0.2) is 4.39 Å². The number of amides is 2. The number of hydrogen-bond donors (Lipinski definition) is 1. The molecule has 0 atom stereocenters. The van der Waals surface area contributed by atoms with Crippen LogP contribution in [0.2, 0.25) is 0 Å². The molecule has 2 amide bonds. The molecule has 6 heteroatoms. The Labute approximate surface area is 152 Å². The number of hydrogen-bond acceptors (Lipinski definition) is 3. The maximum Gasteiger partial charge on any atom is 0.254 e. The smallest absolute Gasteiger partial charge is 0.254 e. The molecule has 0 aliphatic carbocycles. The fourth-order valence-corrected chi connectivity index (χ4v) is 2.40. The Morgan fingerprint density at radius 2 is 1.69 bits per heavy atom. The summed E-state index contributed by atoms with van der Waals surface area (Å²) in [6.07, 6.45) is 0. The average Bonchev–Trinajstić information content (AvgIpc) is 2.66. The number of carbonyl (C=O) groups is 2. The van der Waals surface area contributed by atoms with E-state index < -0.39 is 0 Å². The monoisotopic (exact) mass is 358 g/mol. The minimum atomic E-state index is -0.321. The number of ether oxygens (including phenoxy) is 1. The van der Waals surface area contributed by atoms with Gasteiger partial charge in [0.05, 0.1) is 13.2 Å². The predicted octanol–water partition coefficient (Wildman–Crippen LogP) is 3.00. The van der Waals surface area contributed by atoms with Crippen molar-refractivity contribution in [3.8, 4) is 5.75 Å². The molecule has 0 aliphatic rings. The minimum absolute atomic E-state index is 0.0380. The third kappa shape index (κ3) is 5.58. The lowest BCUT2D eigenvalue weighted by Gasteiger charge is -2.20. The Morgan fingerprint density at radius 3 is 2.27 bits per heavy atom. The fourth-order valence-electron chi connectivity index (χ4n) is 2.40. The first kappa shape index (κ1) is 19.4. The summed E-state index contributed by atoms with van der Waals surface area (Å²) in [7, 11) is 0. The second-order valence-corrected chi connectivity index (χ2v) is 5.68. The van der Waals surface area contributed by atoms with Crippen LogP contribution in [0.3, 0.4) is 0 Å². The van der Waals surface area contributed by atoms with Gasteiger partial charge in [0.25, 0.3) is 5.91 Å². The lowest BCUT2D eigenvalue weighted by Crippen LogP contribution is -2.40. The average molecular weight is 358 g/mol. The minimum Gasteiger partial charge on any atom is -0.494 e. The van der Waals surface area contributed by atoms with Crippen molar-refractivity contribution in [2.24, 2.45) is 0 Å². The van der Waals surface area contributed by atoms with Crippen molar-refractivity contribution in [1.29, 1.82) is 0 Å². The molecule has 0 fully saturated rings. The van der Waals surface area contributed by atoms with Crippen molar-refractivity contribution in [2.75, 3.05) is 19.7 Å². The highest BCUT2D eigenvalue weighted by molar-refractivity contribution is 5.96. The van der Waals surface area contributed by atoms with Crippen molar-refractivity contribution in [3.63, 3.8) is 0 Å². The van der Waals surface area contributed by atoms with Crippen molar-refractivity contribution < 1.29 is 18.7 Å². The topological polar surface area (TPSA) is 58.6 Å². The molecule has 0 saturated heterocycles. The largest absolute Gasteiger partial charge is 0.494 e. The van der Waals surface area contributed by atoms with Crippen molar-refractivity contribution in [3.05, 3.63) is 65.5 Å². The number of nitrogens with one attached hydrogen (secondary N) is 1. The molecule has 0 radical (unpaired) electrons. The standard InChI is InChI=1S/C20H23FN2O3/c1-3-23(20(25)16-7-11-18(12-8-16)26-4-2)14-19(24)22-13-15-5-9-17(21)10-6-15/h5-12H,3-4,13-14H2,1-2H3,(H,22,24). The lowest BCUT2D eigenvalue weighted by molar-refractivity contribution is -0.121. The van der Waals surface area contributed by atoms with Gasteiger partial charge in [0.2, 0.25) is 5.91 Å². The Hall–Kier alpha value is -2.89. The van der Waals surface area contributed by atoms with Crippen LogP contribution in [0.1, 0.15) is 29.8 Å². The first-order valence-corrected chi connectivity index (χ1v) is 8.56. The zero-order valence-electron chi connectivity index (χ0n) is 15.0. The van der Waals surface area contributed by atoms with Crippen LogP contribution < -0.4 is 10.1 Å². The molecule has 2 aromatic carbocycles. The van der Waals surface area contributed by atoms with E-state index in [1.807, 2.05) is 13.8 Å². The summed E-state index contributed by atoms with van der Waals surface area (Å²) in [5, 5.41) is 2.74. The van der Waals surface area contributed by atoms with Crippen LogP contribution in [0.25, 0.3) is 0 Å². The van der Waals surface area contributed by atoms with Gasteiger partial charge in [-0.3, -0.25) is 9.59 Å². The molecule has 138 valence electrons. The van der Waals surface area contributed by atoms with Crippen molar-refractivity contribution >= 4 is 11.8 Å². The molecule has 0 unspecified atom stereocenters. The van der Waals surface area contributed by atoms with E-state index in [2.05, 4.69) is 5.32 Å². The quantitative estimate of drug-likeness (QED) is 0.789. The molecule has 0 bridgehead atoms. The normalized spacial score (nSPS) is 10.3. The first-order valence-electron chi connectivity index (χ1n) is 8.56. The van der Waals surface area contributed by atoms with Gasteiger partial charge >= 0.3 is 0 Å². The highest BCUT2D eigenvalue weighted by Crippen LogP contribution is 2.13. The van der Waals surface area contributed by atoms with Crippen LogP contribution in [-0.4, -0.2) is 36.4 Å². The molecular weight excluding hydrogens is 335 g/mol. The van der Waals surface area contributed by atoms with E-state index in [0.29, 0.717) is 24.5 Å². The van der Waals surface area contributed by atoms with Gasteiger partial charge in [-0.1, -0.05) is 12.1 Å². The Morgan fingerprint density at radius 1 is 1.04 bits per heavy atom. The molecule has 5 nitrogen and oxygen atoms in total. The van der Waals surface area contributed by atoms with E-state index in [0.717, 1.165) is 5.56 Å². The number of halogens is 1. The van der Waals surface area contributed by atoms with Gasteiger partial charge in [-0.2, -0.15) is 0 Å². The second kappa shape index (κ2) is 9.56. The zero-order valence-corrected chi connectivity index (χ0v) is 15.0. The summed E-state index contributed by atoms with van der Waals surface area (Å²) >= 11 is 0. The summed E-state index contributed by atoms with van der Waals surface area (Å²) in [5.41, 5.74) is 1.29. The van der Waals surface area contributed by atoms with Gasteiger partial charge in [0, 0.05) is 18.7 Å². The van der Waals surface area contributed by atoms with E-state index in [1.165, 1.54) is 17.0 Å². The summed E-state index contributed by atoms with van der Waals surface area (Å²) in [6, 6.07) is 12.7. The maximum atomic E-state index is 12.9. The Kier molecular flexibility index (Phi) is 7.14. The maximum absolute atomic E-state index is 12.9. The summed E-state index contributed by atoms with van der Waals surface area (Å²) in [5.74, 6) is -0.106. The van der Waals surface area contributed by atoms with E-state index in [-0.39, 0.29) is 30.7 Å². The molecule has 2 aromatic rings. The van der Waals surface area contributed by atoms with Crippen LogP contribution in [0, 0.1) is 5.82 Å². The third-order valence-electron chi connectivity index (χ3n) is 3.82. The number of carbonyl (C=O) groups excluding carboxylic acids is 2. The molecule has 0 heterocycles. The summed E-state index contributed by atoms with van der Waals surface area (Å²) in [6.45, 7) is 4.93. The van der Waals surface area contributed by atoms with Gasteiger partial charge < -0.3 is 15.0 Å². The SMILES string of the molecule is CCOc1ccc(C(=O)N(CC)CC(=O)NCc2ccc(F)cc2)cc1. The number of benzene rings is 2. The Bertz CT molecular complexity index is 730. The molecule has 0 spiro atoms. The van der Waals surface area contributed by atoms with E-state index in [9.17, 15) is 14.0 Å². The number of rotatable bonds is 8. The van der Waals surface area contributed by atoms with Gasteiger partial charge in [0.1, 0.15) is 11.6 Å². The van der Waals surface area contributed by atoms with Gasteiger partial charge in [-0.05, 0) is 55.8 Å². The van der Waals surface area contributed by atoms with E-state index >= 15 is 0 Å². The summed E-state index contributed by atoms with van der Waals surface area (Å²) in [4.78, 5) is 26.2. The van der Waals surface area contributed by atoms with Gasteiger partial charge in [-0.15, -0.1) is 0 Å². The highest BCUT2D eigenvalue weighted by atomic mass is 19.1. The molecule has 0 saturated carbocycles. The highest BCUT2D eigenvalue weighted by Gasteiger charge is 2.17. The third-order valence-corrected chi connectivity index (χ3v) is 3.82. The predicted molar refractivity (Wildman–Crippen MR) is 97.4 cm³/mol. The molecule has 0 aromatic heterocycles. The molecule has 0 aliphatic heterocycles. The van der Waals surface area contributed by atoms with Crippen LogP contribution in [-0.2, 0) is 11.3 Å². The van der Waals surface area contributed by atoms with E-state index in [4.69, 9.17) is 4.74 Å². The lowest BCUT2D eigenvalue weighted by atomic mass is 10.2.